The van der Waals surface area contributed by atoms with E-state index < -0.39 is 0 Å². The van der Waals surface area contributed by atoms with Gasteiger partial charge in [0.25, 0.3) is 0 Å². The Morgan fingerprint density at radius 1 is 1.75 bits per heavy atom. The van der Waals surface area contributed by atoms with Crippen LogP contribution in [-0.2, 0) is 9.53 Å². The molecule has 1 aliphatic heterocycles. The summed E-state index contributed by atoms with van der Waals surface area (Å²) < 4.78 is 5.58. The smallest absolute Gasteiger partial charge is 0.224 e. The Morgan fingerprint density at radius 2 is 2.42 bits per heavy atom. The fraction of sp³-hybridized carbons (Fsp3) is 0.889. The molecule has 1 rings (SSSR count). The molecule has 0 aromatic heterocycles. The van der Waals surface area contributed by atoms with Gasteiger partial charge >= 0.3 is 0 Å². The Morgan fingerprint density at radius 3 is 2.92 bits per heavy atom. The molecule has 0 aromatic carbocycles. The Labute approximate surface area is 78.2 Å². The summed E-state index contributed by atoms with van der Waals surface area (Å²) in [6, 6.07) is 0. The molecule has 0 spiro atoms. The summed E-state index contributed by atoms with van der Waals surface area (Å²) in [5.74, 6) is 0.00497. The topological polar surface area (TPSA) is 26.3 Å². The van der Waals surface area contributed by atoms with Crippen molar-refractivity contribution in [3.05, 3.63) is 0 Å². The summed E-state index contributed by atoms with van der Waals surface area (Å²) in [5, 5.41) is -0.210. The normalized spacial score (nSPS) is 36.4. The second kappa shape index (κ2) is 3.75. The lowest BCUT2D eigenvalue weighted by molar-refractivity contribution is -0.127. The molecular formula is C9H15ClO2. The van der Waals surface area contributed by atoms with Crippen molar-refractivity contribution in [1.29, 1.82) is 0 Å². The average Bonchev–Trinajstić information content (AvgIpc) is 2.05. The fourth-order valence-corrected chi connectivity index (χ4v) is 1.76. The van der Waals surface area contributed by atoms with Crippen molar-refractivity contribution in [3.63, 3.8) is 0 Å². The monoisotopic (exact) mass is 190 g/mol. The van der Waals surface area contributed by atoms with Gasteiger partial charge in [0.2, 0.25) is 5.24 Å². The van der Waals surface area contributed by atoms with Crippen molar-refractivity contribution in [3.8, 4) is 0 Å². The van der Waals surface area contributed by atoms with Gasteiger partial charge in [-0.1, -0.05) is 6.92 Å². The molecule has 0 aromatic rings. The standard InChI is InChI=1S/C9H15ClO2/c1-3-9(2)6-7(8(10)11)4-5-12-9/h7H,3-6H2,1-2H3. The van der Waals surface area contributed by atoms with E-state index in [1.165, 1.54) is 0 Å². The van der Waals surface area contributed by atoms with Crippen LogP contribution in [0.3, 0.4) is 0 Å². The number of carbonyl (C=O) groups excluding carboxylic acids is 1. The van der Waals surface area contributed by atoms with Crippen LogP contribution >= 0.6 is 11.6 Å². The van der Waals surface area contributed by atoms with Crippen LogP contribution in [0.2, 0.25) is 0 Å². The Bertz CT molecular complexity index is 181. The Balaban J connectivity index is 2.57. The summed E-state index contributed by atoms with van der Waals surface area (Å²) >= 11 is 5.45. The van der Waals surface area contributed by atoms with Crippen LogP contribution in [0.25, 0.3) is 0 Å². The molecular weight excluding hydrogens is 176 g/mol. The third kappa shape index (κ3) is 2.20. The summed E-state index contributed by atoms with van der Waals surface area (Å²) in [6.07, 6.45) is 2.48. The molecule has 70 valence electrons. The molecule has 1 saturated heterocycles. The molecule has 2 nitrogen and oxygen atoms in total. The third-order valence-corrected chi connectivity index (χ3v) is 2.97. The molecule has 0 amide bonds. The van der Waals surface area contributed by atoms with E-state index in [2.05, 4.69) is 6.92 Å². The van der Waals surface area contributed by atoms with Crippen molar-refractivity contribution < 1.29 is 9.53 Å². The van der Waals surface area contributed by atoms with Crippen LogP contribution in [0, 0.1) is 5.92 Å². The Hall–Kier alpha value is -0.0800. The molecule has 0 N–H and O–H groups in total. The zero-order valence-electron chi connectivity index (χ0n) is 7.60. The summed E-state index contributed by atoms with van der Waals surface area (Å²) in [4.78, 5) is 10.9. The second-order valence-corrected chi connectivity index (χ2v) is 4.02. The molecule has 1 fully saturated rings. The van der Waals surface area contributed by atoms with E-state index >= 15 is 0 Å². The lowest BCUT2D eigenvalue weighted by atomic mass is 9.86. The summed E-state index contributed by atoms with van der Waals surface area (Å²) in [6.45, 7) is 4.77. The molecule has 2 unspecified atom stereocenters. The van der Waals surface area contributed by atoms with Gasteiger partial charge in [-0.05, 0) is 37.8 Å². The predicted octanol–water partition coefficient (Wildman–Crippen LogP) is 2.35. The molecule has 2 atom stereocenters. The number of hydrogen-bond acceptors (Lipinski definition) is 2. The average molecular weight is 191 g/mol. The van der Waals surface area contributed by atoms with Gasteiger partial charge in [0.15, 0.2) is 0 Å². The molecule has 0 aliphatic carbocycles. The van der Waals surface area contributed by atoms with Gasteiger partial charge in [-0.25, -0.2) is 0 Å². The van der Waals surface area contributed by atoms with Crippen LogP contribution in [0.5, 0.6) is 0 Å². The van der Waals surface area contributed by atoms with Gasteiger partial charge in [-0.15, -0.1) is 0 Å². The molecule has 0 radical (unpaired) electrons. The first-order chi connectivity index (χ1) is 5.57. The largest absolute Gasteiger partial charge is 0.375 e. The maximum absolute atomic E-state index is 10.9. The van der Waals surface area contributed by atoms with E-state index in [4.69, 9.17) is 16.3 Å². The fourth-order valence-electron chi connectivity index (χ4n) is 1.57. The summed E-state index contributed by atoms with van der Waals surface area (Å²) in [5.41, 5.74) is -0.131. The van der Waals surface area contributed by atoms with Crippen LogP contribution < -0.4 is 0 Å². The van der Waals surface area contributed by atoms with Gasteiger partial charge in [-0.3, -0.25) is 4.79 Å². The molecule has 0 bridgehead atoms. The van der Waals surface area contributed by atoms with E-state index in [9.17, 15) is 4.79 Å². The first kappa shape index (κ1) is 10.0. The van der Waals surface area contributed by atoms with Gasteiger partial charge in [-0.2, -0.15) is 0 Å². The number of carbonyl (C=O) groups is 1. The minimum Gasteiger partial charge on any atom is -0.375 e. The van der Waals surface area contributed by atoms with Gasteiger partial charge < -0.3 is 4.74 Å². The number of rotatable bonds is 2. The van der Waals surface area contributed by atoms with Crippen molar-refractivity contribution in [1.82, 2.24) is 0 Å². The van der Waals surface area contributed by atoms with E-state index in [1.807, 2.05) is 6.92 Å². The molecule has 12 heavy (non-hydrogen) atoms. The lowest BCUT2D eigenvalue weighted by Crippen LogP contribution is -2.38. The second-order valence-electron chi connectivity index (χ2n) is 3.65. The van der Waals surface area contributed by atoms with E-state index in [1.54, 1.807) is 0 Å². The molecule has 1 heterocycles. The molecule has 3 heteroatoms. The first-order valence-corrected chi connectivity index (χ1v) is 4.78. The quantitative estimate of drug-likeness (QED) is 0.625. The highest BCUT2D eigenvalue weighted by molar-refractivity contribution is 6.64. The maximum Gasteiger partial charge on any atom is 0.224 e. The van der Waals surface area contributed by atoms with Crippen LogP contribution in [0.15, 0.2) is 0 Å². The molecule has 1 aliphatic rings. The minimum atomic E-state index is -0.210. The van der Waals surface area contributed by atoms with Crippen molar-refractivity contribution in [2.75, 3.05) is 6.61 Å². The van der Waals surface area contributed by atoms with Crippen LogP contribution in [-0.4, -0.2) is 17.5 Å². The van der Waals surface area contributed by atoms with Gasteiger partial charge in [0.05, 0.1) is 5.60 Å². The van der Waals surface area contributed by atoms with Crippen molar-refractivity contribution >= 4 is 16.8 Å². The molecule has 0 saturated carbocycles. The van der Waals surface area contributed by atoms with Crippen LogP contribution in [0.4, 0.5) is 0 Å². The third-order valence-electron chi connectivity index (χ3n) is 2.66. The van der Waals surface area contributed by atoms with Gasteiger partial charge in [0.1, 0.15) is 0 Å². The number of hydrogen-bond donors (Lipinski definition) is 0. The number of halogens is 1. The minimum absolute atomic E-state index is 0.00497. The summed E-state index contributed by atoms with van der Waals surface area (Å²) in [7, 11) is 0. The van der Waals surface area contributed by atoms with Gasteiger partial charge in [0, 0.05) is 12.5 Å². The predicted molar refractivity (Wildman–Crippen MR) is 48.2 cm³/mol. The van der Waals surface area contributed by atoms with E-state index in [0.717, 1.165) is 19.3 Å². The lowest BCUT2D eigenvalue weighted by Gasteiger charge is -2.36. The highest BCUT2D eigenvalue weighted by Crippen LogP contribution is 2.32. The number of ether oxygens (including phenoxy) is 1. The van der Waals surface area contributed by atoms with E-state index in [-0.39, 0.29) is 16.8 Å². The Kier molecular flexibility index (Phi) is 3.13. The highest BCUT2D eigenvalue weighted by Gasteiger charge is 2.34. The SMILES string of the molecule is CCC1(C)CC(C(=O)Cl)CCO1. The first-order valence-electron chi connectivity index (χ1n) is 4.41. The zero-order chi connectivity index (χ0) is 9.19. The maximum atomic E-state index is 10.9. The van der Waals surface area contributed by atoms with Crippen molar-refractivity contribution in [2.45, 2.75) is 38.7 Å². The highest BCUT2D eigenvalue weighted by atomic mass is 35.5. The van der Waals surface area contributed by atoms with E-state index in [0.29, 0.717) is 6.61 Å². The zero-order valence-corrected chi connectivity index (χ0v) is 8.36. The van der Waals surface area contributed by atoms with Crippen LogP contribution in [0.1, 0.15) is 33.1 Å². The van der Waals surface area contributed by atoms with Crippen molar-refractivity contribution in [2.24, 2.45) is 5.92 Å².